The molecule has 138 valence electrons. The Morgan fingerprint density at radius 3 is 2.68 bits per heavy atom. The number of nitrogens with zero attached hydrogens (tertiary/aromatic N) is 1. The minimum atomic E-state index is -0.0245. The number of guanidine groups is 1. The van der Waals surface area contributed by atoms with E-state index in [0.717, 1.165) is 29.0 Å². The maximum Gasteiger partial charge on any atom is 0.226 e. The molecule has 3 unspecified atom stereocenters. The number of rotatable bonds is 5. The number of fused-ring (bicyclic) bond motifs is 2. The quantitative estimate of drug-likeness (QED) is 0.316. The highest BCUT2D eigenvalue weighted by molar-refractivity contribution is 14.0. The Morgan fingerprint density at radius 1 is 1.32 bits per heavy atom. The molecule has 2 saturated heterocycles. The van der Waals surface area contributed by atoms with Crippen LogP contribution in [0.4, 0.5) is 5.69 Å². The summed E-state index contributed by atoms with van der Waals surface area (Å²) in [7, 11) is 1.74. The third-order valence-electron chi connectivity index (χ3n) is 4.42. The van der Waals surface area contributed by atoms with Gasteiger partial charge in [-0.1, -0.05) is 15.9 Å². The lowest BCUT2D eigenvalue weighted by molar-refractivity contribution is -0.116. The molecule has 25 heavy (non-hydrogen) atoms. The molecule has 1 aromatic rings. The number of aliphatic imine (C=N–C) groups is 1. The Kier molecular flexibility index (Phi) is 7.95. The molecule has 0 spiro atoms. The summed E-state index contributed by atoms with van der Waals surface area (Å²) in [6, 6.07) is 7.86. The lowest BCUT2D eigenvalue weighted by atomic mass is 9.96. The van der Waals surface area contributed by atoms with Crippen LogP contribution in [0.2, 0.25) is 0 Å². The van der Waals surface area contributed by atoms with Gasteiger partial charge in [0.1, 0.15) is 0 Å². The van der Waals surface area contributed by atoms with E-state index in [-0.39, 0.29) is 29.9 Å². The average molecular weight is 523 g/mol. The van der Waals surface area contributed by atoms with E-state index in [4.69, 9.17) is 4.74 Å². The van der Waals surface area contributed by atoms with Gasteiger partial charge >= 0.3 is 0 Å². The zero-order valence-corrected chi connectivity index (χ0v) is 18.0. The number of carbonyl (C=O) groups excluding carboxylic acids is 1. The van der Waals surface area contributed by atoms with Crippen molar-refractivity contribution in [3.8, 4) is 0 Å². The van der Waals surface area contributed by atoms with Gasteiger partial charge in [0.25, 0.3) is 0 Å². The van der Waals surface area contributed by atoms with Gasteiger partial charge in [-0.2, -0.15) is 0 Å². The van der Waals surface area contributed by atoms with Crippen molar-refractivity contribution < 1.29 is 9.53 Å². The first-order chi connectivity index (χ1) is 11.6. The fourth-order valence-corrected chi connectivity index (χ4v) is 3.48. The number of carbonyl (C=O) groups is 1. The highest BCUT2D eigenvalue weighted by Gasteiger charge is 2.41. The van der Waals surface area contributed by atoms with Crippen LogP contribution in [0.3, 0.4) is 0 Å². The summed E-state index contributed by atoms with van der Waals surface area (Å²) >= 11 is 3.37. The van der Waals surface area contributed by atoms with E-state index in [1.165, 1.54) is 6.42 Å². The van der Waals surface area contributed by atoms with E-state index < -0.39 is 0 Å². The zero-order chi connectivity index (χ0) is 16.9. The van der Waals surface area contributed by atoms with Gasteiger partial charge in [0.2, 0.25) is 5.91 Å². The molecule has 8 heteroatoms. The molecular formula is C17H24BrIN4O2. The Labute approximate surface area is 173 Å². The second-order valence-electron chi connectivity index (χ2n) is 6.16. The van der Waals surface area contributed by atoms with E-state index in [2.05, 4.69) is 36.9 Å². The monoisotopic (exact) mass is 522 g/mol. The summed E-state index contributed by atoms with van der Waals surface area (Å²) in [6.07, 6.45) is 4.41. The van der Waals surface area contributed by atoms with Gasteiger partial charge < -0.3 is 20.7 Å². The van der Waals surface area contributed by atoms with Crippen LogP contribution in [0, 0.1) is 0 Å². The summed E-state index contributed by atoms with van der Waals surface area (Å²) in [5.41, 5.74) is 0.796. The minimum Gasteiger partial charge on any atom is -0.373 e. The predicted octanol–water partition coefficient (Wildman–Crippen LogP) is 2.88. The number of hydrogen-bond acceptors (Lipinski definition) is 3. The summed E-state index contributed by atoms with van der Waals surface area (Å²) in [5, 5.41) is 9.48. The SMILES string of the molecule is CN=C(NCCC(=O)Nc1ccc(Br)cc1)NC1CC2CCC1O2.I. The van der Waals surface area contributed by atoms with Crippen LogP contribution in [0.15, 0.2) is 33.7 Å². The van der Waals surface area contributed by atoms with Crippen LogP contribution >= 0.6 is 39.9 Å². The van der Waals surface area contributed by atoms with Gasteiger partial charge in [-0.3, -0.25) is 9.79 Å². The third-order valence-corrected chi connectivity index (χ3v) is 4.95. The van der Waals surface area contributed by atoms with E-state index in [1.807, 2.05) is 24.3 Å². The van der Waals surface area contributed by atoms with Gasteiger partial charge in [-0.25, -0.2) is 0 Å². The number of benzene rings is 1. The topological polar surface area (TPSA) is 74.8 Å². The largest absolute Gasteiger partial charge is 0.373 e. The minimum absolute atomic E-state index is 0. The highest BCUT2D eigenvalue weighted by atomic mass is 127. The van der Waals surface area contributed by atoms with Crippen LogP contribution in [-0.4, -0.2) is 43.7 Å². The van der Waals surface area contributed by atoms with E-state index in [0.29, 0.717) is 31.2 Å². The summed E-state index contributed by atoms with van der Waals surface area (Å²) in [4.78, 5) is 16.2. The van der Waals surface area contributed by atoms with Gasteiger partial charge in [-0.15, -0.1) is 24.0 Å². The van der Waals surface area contributed by atoms with Crippen molar-refractivity contribution >= 4 is 57.5 Å². The van der Waals surface area contributed by atoms with Crippen molar-refractivity contribution in [1.29, 1.82) is 0 Å². The fourth-order valence-electron chi connectivity index (χ4n) is 3.21. The van der Waals surface area contributed by atoms with Crippen LogP contribution in [0.1, 0.15) is 25.7 Å². The van der Waals surface area contributed by atoms with Gasteiger partial charge in [0.15, 0.2) is 5.96 Å². The first-order valence-electron chi connectivity index (χ1n) is 8.32. The molecular weight excluding hydrogens is 499 g/mol. The Balaban J connectivity index is 0.00000225. The molecule has 2 fully saturated rings. The van der Waals surface area contributed by atoms with Crippen LogP contribution in [0.25, 0.3) is 0 Å². The van der Waals surface area contributed by atoms with Crippen LogP contribution in [-0.2, 0) is 9.53 Å². The molecule has 0 saturated carbocycles. The summed E-state index contributed by atoms with van der Waals surface area (Å²) in [5.74, 6) is 0.705. The predicted molar refractivity (Wildman–Crippen MR) is 114 cm³/mol. The molecule has 1 aromatic carbocycles. The maximum atomic E-state index is 12.0. The van der Waals surface area contributed by atoms with Crippen LogP contribution < -0.4 is 16.0 Å². The van der Waals surface area contributed by atoms with Crippen LogP contribution in [0.5, 0.6) is 0 Å². The van der Waals surface area contributed by atoms with Gasteiger partial charge in [0.05, 0.1) is 18.2 Å². The normalized spacial score (nSPS) is 24.6. The Hall–Kier alpha value is -0.870. The molecule has 3 rings (SSSR count). The van der Waals surface area contributed by atoms with E-state index >= 15 is 0 Å². The molecule has 2 aliphatic rings. The molecule has 6 nitrogen and oxygen atoms in total. The number of amides is 1. The molecule has 2 heterocycles. The van der Waals surface area contributed by atoms with Gasteiger partial charge in [-0.05, 0) is 43.5 Å². The smallest absolute Gasteiger partial charge is 0.226 e. The first kappa shape index (κ1) is 20.4. The number of anilines is 1. The van der Waals surface area contributed by atoms with Crippen molar-refractivity contribution in [1.82, 2.24) is 10.6 Å². The van der Waals surface area contributed by atoms with Crippen molar-refractivity contribution in [2.24, 2.45) is 4.99 Å². The third kappa shape index (κ3) is 5.82. The lowest BCUT2D eigenvalue weighted by Crippen LogP contribution is -2.47. The molecule has 1 amide bonds. The highest BCUT2D eigenvalue weighted by Crippen LogP contribution is 2.34. The zero-order valence-electron chi connectivity index (χ0n) is 14.1. The number of ether oxygens (including phenoxy) is 1. The molecule has 2 aliphatic heterocycles. The molecule has 0 aliphatic carbocycles. The van der Waals surface area contributed by atoms with Crippen molar-refractivity contribution in [2.75, 3.05) is 18.9 Å². The van der Waals surface area contributed by atoms with Crippen molar-refractivity contribution in [2.45, 2.75) is 43.9 Å². The molecule has 0 radical (unpaired) electrons. The van der Waals surface area contributed by atoms with E-state index in [1.54, 1.807) is 7.05 Å². The standard InChI is InChI=1S/C17H23BrN4O2.HI/c1-19-17(22-14-10-13-6-7-15(14)24-13)20-9-8-16(23)21-12-4-2-11(18)3-5-12;/h2-5,13-15H,6-10H2,1H3,(H,21,23)(H2,19,20,22);1H. The second kappa shape index (κ2) is 9.72. The lowest BCUT2D eigenvalue weighted by Gasteiger charge is -2.22. The Morgan fingerprint density at radius 2 is 2.08 bits per heavy atom. The van der Waals surface area contributed by atoms with Crippen molar-refractivity contribution in [3.63, 3.8) is 0 Å². The Bertz CT molecular complexity index is 611. The molecule has 3 N–H and O–H groups in total. The average Bonchev–Trinajstić information content (AvgIpc) is 3.19. The summed E-state index contributed by atoms with van der Waals surface area (Å²) < 4.78 is 6.82. The van der Waals surface area contributed by atoms with E-state index in [9.17, 15) is 4.79 Å². The van der Waals surface area contributed by atoms with Gasteiger partial charge in [0, 0.05) is 30.2 Å². The number of halogens is 2. The number of nitrogens with one attached hydrogen (secondary N) is 3. The number of hydrogen-bond donors (Lipinski definition) is 3. The van der Waals surface area contributed by atoms with Crippen molar-refractivity contribution in [3.05, 3.63) is 28.7 Å². The fraction of sp³-hybridized carbons (Fsp3) is 0.529. The second-order valence-corrected chi connectivity index (χ2v) is 7.08. The molecule has 0 aromatic heterocycles. The summed E-state index contributed by atoms with van der Waals surface area (Å²) in [6.45, 7) is 0.531. The first-order valence-corrected chi connectivity index (χ1v) is 9.11. The molecule has 3 atom stereocenters. The maximum absolute atomic E-state index is 12.0. The molecule has 2 bridgehead atoms.